The van der Waals surface area contributed by atoms with Crippen molar-refractivity contribution >= 4 is 0 Å². The molecule has 4 nitrogen and oxygen atoms in total. The van der Waals surface area contributed by atoms with Crippen LogP contribution in [-0.4, -0.2) is 56.6 Å². The summed E-state index contributed by atoms with van der Waals surface area (Å²) in [6.45, 7) is 9.40. The molecule has 0 bridgehead atoms. The second kappa shape index (κ2) is 3.95. The second-order valence-corrected chi connectivity index (χ2v) is 5.56. The van der Waals surface area contributed by atoms with Crippen molar-refractivity contribution in [1.29, 1.82) is 0 Å². The molecule has 0 amide bonds. The van der Waals surface area contributed by atoms with E-state index in [1.54, 1.807) is 0 Å². The predicted molar refractivity (Wildman–Crippen MR) is 61.3 cm³/mol. The van der Waals surface area contributed by atoms with Crippen LogP contribution in [0.5, 0.6) is 0 Å². The van der Waals surface area contributed by atoms with Crippen LogP contribution < -0.4 is 5.32 Å². The Morgan fingerprint density at radius 3 is 2.38 bits per heavy atom. The maximum atomic E-state index is 6.14. The number of piperidine rings is 1. The van der Waals surface area contributed by atoms with Crippen molar-refractivity contribution in [1.82, 2.24) is 10.2 Å². The van der Waals surface area contributed by atoms with Crippen LogP contribution >= 0.6 is 0 Å². The number of hydrogen-bond acceptors (Lipinski definition) is 4. The smallest absolute Gasteiger partial charge is 0.121 e. The molecule has 3 fully saturated rings. The van der Waals surface area contributed by atoms with Crippen LogP contribution in [-0.2, 0) is 9.47 Å². The van der Waals surface area contributed by atoms with Gasteiger partial charge in [-0.05, 0) is 6.54 Å². The van der Waals surface area contributed by atoms with Crippen LogP contribution in [0.25, 0.3) is 0 Å². The van der Waals surface area contributed by atoms with Crippen molar-refractivity contribution < 1.29 is 9.47 Å². The molecule has 0 aromatic rings. The molecule has 1 N–H and O–H groups in total. The van der Waals surface area contributed by atoms with Gasteiger partial charge in [-0.15, -0.1) is 0 Å². The van der Waals surface area contributed by atoms with E-state index in [0.29, 0.717) is 5.41 Å². The van der Waals surface area contributed by atoms with Crippen molar-refractivity contribution in [2.24, 2.45) is 5.41 Å². The molecule has 16 heavy (non-hydrogen) atoms. The van der Waals surface area contributed by atoms with E-state index in [9.17, 15) is 0 Å². The quantitative estimate of drug-likeness (QED) is 0.703. The van der Waals surface area contributed by atoms with E-state index in [0.717, 1.165) is 58.8 Å². The van der Waals surface area contributed by atoms with Gasteiger partial charge in [-0.25, -0.2) is 0 Å². The van der Waals surface area contributed by atoms with Gasteiger partial charge in [0.15, 0.2) is 0 Å². The lowest BCUT2D eigenvalue weighted by Gasteiger charge is -2.53. The number of nitrogens with zero attached hydrogens (tertiary/aromatic N) is 1. The maximum Gasteiger partial charge on any atom is 0.121 e. The van der Waals surface area contributed by atoms with Gasteiger partial charge in [0.1, 0.15) is 5.72 Å². The van der Waals surface area contributed by atoms with Crippen molar-refractivity contribution in [3.05, 3.63) is 0 Å². The van der Waals surface area contributed by atoms with E-state index >= 15 is 0 Å². The minimum absolute atomic E-state index is 0.0213. The first-order chi connectivity index (χ1) is 7.76. The fourth-order valence-electron chi connectivity index (χ4n) is 2.87. The molecular formula is C12H22N2O2. The van der Waals surface area contributed by atoms with Gasteiger partial charge in [-0.3, -0.25) is 5.32 Å². The summed E-state index contributed by atoms with van der Waals surface area (Å²) in [5.74, 6) is 0. The molecule has 92 valence electrons. The van der Waals surface area contributed by atoms with Crippen LogP contribution in [0.15, 0.2) is 0 Å². The molecule has 0 radical (unpaired) electrons. The SMILES string of the molecule is CCN1CCC2(CC1)NCC1(COC1)CO2. The average molecular weight is 226 g/mol. The Kier molecular flexibility index (Phi) is 2.70. The Labute approximate surface area is 97.3 Å². The summed E-state index contributed by atoms with van der Waals surface area (Å²) >= 11 is 0. The molecule has 4 heteroatoms. The fourth-order valence-corrected chi connectivity index (χ4v) is 2.87. The average Bonchev–Trinajstić information content (AvgIpc) is 2.29. The second-order valence-electron chi connectivity index (χ2n) is 5.56. The first-order valence-electron chi connectivity index (χ1n) is 6.45. The highest BCUT2D eigenvalue weighted by Crippen LogP contribution is 2.36. The summed E-state index contributed by atoms with van der Waals surface area (Å²) < 4.78 is 11.4. The summed E-state index contributed by atoms with van der Waals surface area (Å²) in [6, 6.07) is 0. The largest absolute Gasteiger partial charge is 0.380 e. The lowest BCUT2D eigenvalue weighted by Crippen LogP contribution is -2.67. The zero-order valence-corrected chi connectivity index (χ0v) is 10.1. The summed E-state index contributed by atoms with van der Waals surface area (Å²) in [5, 5.41) is 3.64. The molecule has 3 aliphatic heterocycles. The minimum Gasteiger partial charge on any atom is -0.380 e. The third-order valence-corrected chi connectivity index (χ3v) is 4.37. The Bertz CT molecular complexity index is 246. The van der Waals surface area contributed by atoms with Crippen LogP contribution in [0.2, 0.25) is 0 Å². The van der Waals surface area contributed by atoms with E-state index in [-0.39, 0.29) is 5.72 Å². The first-order valence-corrected chi connectivity index (χ1v) is 6.45. The number of nitrogens with one attached hydrogen (secondary N) is 1. The molecule has 3 rings (SSSR count). The summed E-state index contributed by atoms with van der Waals surface area (Å²) in [4.78, 5) is 2.49. The van der Waals surface area contributed by atoms with E-state index < -0.39 is 0 Å². The Hall–Kier alpha value is -0.160. The van der Waals surface area contributed by atoms with Crippen LogP contribution in [0.1, 0.15) is 19.8 Å². The normalized spacial score (nSPS) is 32.8. The Morgan fingerprint density at radius 2 is 1.94 bits per heavy atom. The number of hydrogen-bond donors (Lipinski definition) is 1. The minimum atomic E-state index is -0.0213. The molecule has 0 aromatic heterocycles. The molecule has 0 aliphatic carbocycles. The molecule has 3 aliphatic rings. The van der Waals surface area contributed by atoms with E-state index in [1.807, 2.05) is 0 Å². The number of likely N-dealkylation sites (tertiary alicyclic amines) is 1. The third kappa shape index (κ3) is 1.78. The molecule has 0 aromatic carbocycles. The lowest BCUT2D eigenvalue weighted by molar-refractivity contribution is -0.231. The predicted octanol–water partition coefficient (Wildman–Crippen LogP) is 0.435. The van der Waals surface area contributed by atoms with Gasteiger partial charge >= 0.3 is 0 Å². The topological polar surface area (TPSA) is 33.7 Å². The van der Waals surface area contributed by atoms with Gasteiger partial charge in [0.2, 0.25) is 0 Å². The Morgan fingerprint density at radius 1 is 1.19 bits per heavy atom. The first kappa shape index (κ1) is 11.0. The molecule has 3 heterocycles. The summed E-state index contributed by atoms with van der Waals surface area (Å²) in [6.07, 6.45) is 2.25. The van der Waals surface area contributed by atoms with Crippen molar-refractivity contribution in [3.63, 3.8) is 0 Å². The highest BCUT2D eigenvalue weighted by molar-refractivity contribution is 4.97. The monoisotopic (exact) mass is 226 g/mol. The zero-order valence-electron chi connectivity index (χ0n) is 10.1. The van der Waals surface area contributed by atoms with Gasteiger partial charge in [0, 0.05) is 32.5 Å². The number of ether oxygens (including phenoxy) is 2. The summed E-state index contributed by atoms with van der Waals surface area (Å²) in [7, 11) is 0. The molecule has 0 unspecified atom stereocenters. The van der Waals surface area contributed by atoms with Gasteiger partial charge in [-0.1, -0.05) is 6.92 Å². The molecule has 0 saturated carbocycles. The molecule has 3 saturated heterocycles. The highest BCUT2D eigenvalue weighted by atomic mass is 16.5. The van der Waals surface area contributed by atoms with E-state index in [4.69, 9.17) is 9.47 Å². The third-order valence-electron chi connectivity index (χ3n) is 4.37. The highest BCUT2D eigenvalue weighted by Gasteiger charge is 2.48. The van der Waals surface area contributed by atoms with Crippen molar-refractivity contribution in [3.8, 4) is 0 Å². The number of rotatable bonds is 1. The van der Waals surface area contributed by atoms with Gasteiger partial charge in [0.25, 0.3) is 0 Å². The molecular weight excluding hydrogens is 204 g/mol. The van der Waals surface area contributed by atoms with Crippen LogP contribution in [0.4, 0.5) is 0 Å². The van der Waals surface area contributed by atoms with Gasteiger partial charge in [-0.2, -0.15) is 0 Å². The maximum absolute atomic E-state index is 6.14. The molecule has 2 spiro atoms. The molecule has 0 atom stereocenters. The van der Waals surface area contributed by atoms with Crippen molar-refractivity contribution in [2.45, 2.75) is 25.5 Å². The van der Waals surface area contributed by atoms with Crippen LogP contribution in [0.3, 0.4) is 0 Å². The van der Waals surface area contributed by atoms with Gasteiger partial charge < -0.3 is 14.4 Å². The zero-order chi connectivity index (χ0) is 11.1. The standard InChI is InChI=1S/C12H22N2O2/c1-2-14-5-3-12(4-6-14)13-7-11(10-16-12)8-15-9-11/h13H,2-10H2,1H3. The summed E-state index contributed by atoms with van der Waals surface area (Å²) in [5.41, 5.74) is 0.277. The van der Waals surface area contributed by atoms with Crippen LogP contribution in [0, 0.1) is 5.41 Å². The Balaban J connectivity index is 1.56. The van der Waals surface area contributed by atoms with Crippen molar-refractivity contribution in [2.75, 3.05) is 46.0 Å². The van der Waals surface area contributed by atoms with Gasteiger partial charge in [0.05, 0.1) is 25.2 Å². The lowest BCUT2D eigenvalue weighted by atomic mass is 9.83. The van der Waals surface area contributed by atoms with E-state index in [2.05, 4.69) is 17.1 Å². The van der Waals surface area contributed by atoms with E-state index in [1.165, 1.54) is 0 Å². The fraction of sp³-hybridized carbons (Fsp3) is 1.00.